The summed E-state index contributed by atoms with van der Waals surface area (Å²) in [4.78, 5) is 0. The molecule has 2 nitrogen and oxygen atoms in total. The summed E-state index contributed by atoms with van der Waals surface area (Å²) in [6.45, 7) is 7.59. The number of benzene rings is 1. The van der Waals surface area contributed by atoms with Crippen LogP contribution in [0.1, 0.15) is 44.2 Å². The third-order valence-corrected chi connectivity index (χ3v) is 3.61. The molecule has 2 heteroatoms. The number of ether oxygens (including phenoxy) is 1. The Morgan fingerprint density at radius 3 is 2.42 bits per heavy atom. The predicted molar refractivity (Wildman–Crippen MR) is 82.7 cm³/mol. The molecule has 0 aliphatic carbocycles. The minimum Gasteiger partial charge on any atom is -0.382 e. The zero-order chi connectivity index (χ0) is 14.1. The number of rotatable bonds is 9. The monoisotopic (exact) mass is 263 g/mol. The normalized spacial score (nSPS) is 14.3. The van der Waals surface area contributed by atoms with E-state index in [9.17, 15) is 0 Å². The molecule has 0 radical (unpaired) electrons. The van der Waals surface area contributed by atoms with Crippen LogP contribution in [0.15, 0.2) is 24.3 Å². The van der Waals surface area contributed by atoms with Crippen molar-refractivity contribution in [1.82, 2.24) is 5.32 Å². The van der Waals surface area contributed by atoms with Gasteiger partial charge in [0.25, 0.3) is 0 Å². The van der Waals surface area contributed by atoms with Crippen molar-refractivity contribution in [1.29, 1.82) is 0 Å². The highest BCUT2D eigenvalue weighted by molar-refractivity contribution is 5.22. The molecule has 1 aromatic carbocycles. The maximum atomic E-state index is 5.34. The van der Waals surface area contributed by atoms with E-state index in [0.29, 0.717) is 12.1 Å². The Bertz CT molecular complexity index is 334. The fraction of sp³-hybridized carbons (Fsp3) is 0.647. The molecule has 108 valence electrons. The van der Waals surface area contributed by atoms with E-state index in [0.717, 1.165) is 19.4 Å². The maximum Gasteiger partial charge on any atom is 0.0543 e. The van der Waals surface area contributed by atoms with Crippen LogP contribution in [0.25, 0.3) is 0 Å². The van der Waals surface area contributed by atoms with Gasteiger partial charge in [-0.1, -0.05) is 36.8 Å². The SMILES string of the molecule is CCCNC(CCC(C)OC)Cc1ccc(C)cc1. The second-order valence-corrected chi connectivity index (χ2v) is 5.46. The van der Waals surface area contributed by atoms with Gasteiger partial charge in [0.05, 0.1) is 6.10 Å². The van der Waals surface area contributed by atoms with Crippen LogP contribution in [-0.4, -0.2) is 25.8 Å². The third kappa shape index (κ3) is 6.74. The first-order valence-corrected chi connectivity index (χ1v) is 7.47. The summed E-state index contributed by atoms with van der Waals surface area (Å²) < 4.78 is 5.34. The quantitative estimate of drug-likeness (QED) is 0.733. The molecule has 0 saturated carbocycles. The van der Waals surface area contributed by atoms with Crippen LogP contribution in [0.5, 0.6) is 0 Å². The van der Waals surface area contributed by atoms with Crippen molar-refractivity contribution in [3.63, 3.8) is 0 Å². The fourth-order valence-corrected chi connectivity index (χ4v) is 2.19. The Hall–Kier alpha value is -0.860. The molecule has 0 aliphatic heterocycles. The second-order valence-electron chi connectivity index (χ2n) is 5.46. The number of hydrogen-bond donors (Lipinski definition) is 1. The maximum absolute atomic E-state index is 5.34. The van der Waals surface area contributed by atoms with E-state index >= 15 is 0 Å². The van der Waals surface area contributed by atoms with E-state index in [1.54, 1.807) is 7.11 Å². The highest BCUT2D eigenvalue weighted by Crippen LogP contribution is 2.11. The van der Waals surface area contributed by atoms with Gasteiger partial charge < -0.3 is 10.1 Å². The highest BCUT2D eigenvalue weighted by Gasteiger charge is 2.11. The summed E-state index contributed by atoms with van der Waals surface area (Å²) in [5.74, 6) is 0. The van der Waals surface area contributed by atoms with Gasteiger partial charge in [-0.05, 0) is 51.6 Å². The third-order valence-electron chi connectivity index (χ3n) is 3.61. The minimum absolute atomic E-state index is 0.351. The molecule has 1 aromatic rings. The van der Waals surface area contributed by atoms with Gasteiger partial charge in [-0.2, -0.15) is 0 Å². The largest absolute Gasteiger partial charge is 0.382 e. The molecular formula is C17H29NO. The molecule has 0 saturated heterocycles. The van der Waals surface area contributed by atoms with Gasteiger partial charge in [0.1, 0.15) is 0 Å². The van der Waals surface area contributed by atoms with Crippen LogP contribution >= 0.6 is 0 Å². The Labute approximate surface area is 118 Å². The number of nitrogens with one attached hydrogen (secondary N) is 1. The van der Waals surface area contributed by atoms with Gasteiger partial charge in [-0.3, -0.25) is 0 Å². The molecule has 0 heterocycles. The molecule has 19 heavy (non-hydrogen) atoms. The van der Waals surface area contributed by atoms with Crippen molar-refractivity contribution in [3.05, 3.63) is 35.4 Å². The number of methoxy groups -OCH3 is 1. The van der Waals surface area contributed by atoms with Crippen LogP contribution < -0.4 is 5.32 Å². The van der Waals surface area contributed by atoms with Gasteiger partial charge in [-0.25, -0.2) is 0 Å². The second kappa shape index (κ2) is 9.11. The Balaban J connectivity index is 2.50. The van der Waals surface area contributed by atoms with Crippen molar-refractivity contribution in [2.45, 2.75) is 58.6 Å². The van der Waals surface area contributed by atoms with Crippen molar-refractivity contribution in [3.8, 4) is 0 Å². The minimum atomic E-state index is 0.351. The average molecular weight is 263 g/mol. The van der Waals surface area contributed by atoms with E-state index in [-0.39, 0.29) is 0 Å². The standard InChI is InChI=1S/C17H29NO/c1-5-12-18-17(11-8-15(3)19-4)13-16-9-6-14(2)7-10-16/h6-7,9-10,15,17-18H,5,8,11-13H2,1-4H3. The van der Waals surface area contributed by atoms with Crippen molar-refractivity contribution < 1.29 is 4.74 Å². The fourth-order valence-electron chi connectivity index (χ4n) is 2.19. The molecule has 2 atom stereocenters. The van der Waals surface area contributed by atoms with Crippen molar-refractivity contribution in [2.75, 3.05) is 13.7 Å². The summed E-state index contributed by atoms with van der Waals surface area (Å²) in [6, 6.07) is 9.44. The van der Waals surface area contributed by atoms with Crippen molar-refractivity contribution >= 4 is 0 Å². The Kier molecular flexibility index (Phi) is 7.76. The van der Waals surface area contributed by atoms with E-state index in [1.807, 2.05) is 0 Å². The molecule has 0 aliphatic rings. The molecule has 0 fully saturated rings. The lowest BCUT2D eigenvalue weighted by molar-refractivity contribution is 0.106. The molecule has 0 amide bonds. The summed E-state index contributed by atoms with van der Waals surface area (Å²) in [7, 11) is 1.79. The van der Waals surface area contributed by atoms with Crippen LogP contribution in [0, 0.1) is 6.92 Å². The molecular weight excluding hydrogens is 234 g/mol. The average Bonchev–Trinajstić information content (AvgIpc) is 2.43. The summed E-state index contributed by atoms with van der Waals surface area (Å²) in [5, 5.41) is 3.66. The zero-order valence-electron chi connectivity index (χ0n) is 12.9. The molecule has 0 aromatic heterocycles. The molecule has 2 unspecified atom stereocenters. The molecule has 1 N–H and O–H groups in total. The van der Waals surface area contributed by atoms with Gasteiger partial charge >= 0.3 is 0 Å². The lowest BCUT2D eigenvalue weighted by Gasteiger charge is -2.20. The van der Waals surface area contributed by atoms with E-state index in [1.165, 1.54) is 24.0 Å². The summed E-state index contributed by atoms with van der Waals surface area (Å²) in [5.41, 5.74) is 2.75. The van der Waals surface area contributed by atoms with E-state index in [4.69, 9.17) is 4.74 Å². The van der Waals surface area contributed by atoms with Gasteiger partial charge in [0.2, 0.25) is 0 Å². The smallest absolute Gasteiger partial charge is 0.0543 e. The lowest BCUT2D eigenvalue weighted by atomic mass is 9.99. The number of aryl methyl sites for hydroxylation is 1. The first kappa shape index (κ1) is 16.2. The van der Waals surface area contributed by atoms with Crippen molar-refractivity contribution in [2.24, 2.45) is 0 Å². The van der Waals surface area contributed by atoms with Gasteiger partial charge in [0, 0.05) is 13.2 Å². The molecule has 1 rings (SSSR count). The lowest BCUT2D eigenvalue weighted by Crippen LogP contribution is -2.32. The number of hydrogen-bond acceptors (Lipinski definition) is 2. The Morgan fingerprint density at radius 2 is 1.84 bits per heavy atom. The van der Waals surface area contributed by atoms with Crippen LogP contribution in [0.4, 0.5) is 0 Å². The topological polar surface area (TPSA) is 21.3 Å². The van der Waals surface area contributed by atoms with Crippen LogP contribution in [0.3, 0.4) is 0 Å². The summed E-state index contributed by atoms with van der Waals surface area (Å²) >= 11 is 0. The van der Waals surface area contributed by atoms with Gasteiger partial charge in [-0.15, -0.1) is 0 Å². The first-order chi connectivity index (χ1) is 9.15. The summed E-state index contributed by atoms with van der Waals surface area (Å²) in [6.07, 6.45) is 4.93. The zero-order valence-corrected chi connectivity index (χ0v) is 12.9. The van der Waals surface area contributed by atoms with E-state index < -0.39 is 0 Å². The highest BCUT2D eigenvalue weighted by atomic mass is 16.5. The Morgan fingerprint density at radius 1 is 1.16 bits per heavy atom. The van der Waals surface area contributed by atoms with Gasteiger partial charge in [0.15, 0.2) is 0 Å². The molecule has 0 spiro atoms. The van der Waals surface area contributed by atoms with Crippen LogP contribution in [0.2, 0.25) is 0 Å². The van der Waals surface area contributed by atoms with E-state index in [2.05, 4.69) is 50.4 Å². The predicted octanol–water partition coefficient (Wildman–Crippen LogP) is 3.72. The first-order valence-electron chi connectivity index (χ1n) is 7.47. The molecule has 0 bridgehead atoms. The van der Waals surface area contributed by atoms with Crippen LogP contribution in [-0.2, 0) is 11.2 Å².